The Kier molecular flexibility index (Phi) is 3.37. The highest BCUT2D eigenvalue weighted by Crippen LogP contribution is 2.39. The molecular weight excluding hydrogens is 277 g/mol. The Morgan fingerprint density at radius 3 is 2.43 bits per heavy atom. The van der Waals surface area contributed by atoms with Gasteiger partial charge in [-0.05, 0) is 35.7 Å². The van der Waals surface area contributed by atoms with E-state index in [0.29, 0.717) is 12.1 Å². The molecular formula is C16H15F3N2. The minimum Gasteiger partial charge on any atom is -0.378 e. The lowest BCUT2D eigenvalue weighted by molar-refractivity contribution is -0.137. The highest BCUT2D eigenvalue weighted by Gasteiger charge is 2.31. The number of fused-ring (bicyclic) bond motifs is 1. The van der Waals surface area contributed by atoms with Crippen molar-refractivity contribution in [2.45, 2.75) is 24.7 Å². The van der Waals surface area contributed by atoms with Crippen molar-refractivity contribution in [3.05, 3.63) is 65.2 Å². The minimum atomic E-state index is -4.33. The summed E-state index contributed by atoms with van der Waals surface area (Å²) in [7, 11) is 0. The van der Waals surface area contributed by atoms with Gasteiger partial charge in [-0.25, -0.2) is 0 Å². The SMILES string of the molecule is NC1CC(Nc2cccc(C(F)(F)F)c2)c2ccccc21. The molecule has 0 aliphatic heterocycles. The third-order valence-electron chi connectivity index (χ3n) is 3.79. The van der Waals surface area contributed by atoms with Crippen molar-refractivity contribution in [1.29, 1.82) is 0 Å². The fourth-order valence-corrected chi connectivity index (χ4v) is 2.80. The topological polar surface area (TPSA) is 38.0 Å². The number of alkyl halides is 3. The molecule has 1 aliphatic carbocycles. The quantitative estimate of drug-likeness (QED) is 0.868. The lowest BCUT2D eigenvalue weighted by Crippen LogP contribution is -2.11. The Labute approximate surface area is 120 Å². The van der Waals surface area contributed by atoms with E-state index in [-0.39, 0.29) is 12.1 Å². The van der Waals surface area contributed by atoms with E-state index in [0.717, 1.165) is 23.3 Å². The van der Waals surface area contributed by atoms with Crippen LogP contribution in [0, 0.1) is 0 Å². The second-order valence-electron chi connectivity index (χ2n) is 5.25. The van der Waals surface area contributed by atoms with Crippen LogP contribution in [0.15, 0.2) is 48.5 Å². The van der Waals surface area contributed by atoms with Crippen LogP contribution in [0.2, 0.25) is 0 Å². The molecule has 110 valence electrons. The van der Waals surface area contributed by atoms with Crippen LogP contribution < -0.4 is 11.1 Å². The van der Waals surface area contributed by atoms with Gasteiger partial charge in [0.2, 0.25) is 0 Å². The predicted molar refractivity (Wildman–Crippen MR) is 75.8 cm³/mol. The van der Waals surface area contributed by atoms with Crippen molar-refractivity contribution in [2.24, 2.45) is 5.73 Å². The normalized spacial score (nSPS) is 21.1. The number of hydrogen-bond donors (Lipinski definition) is 2. The van der Waals surface area contributed by atoms with Gasteiger partial charge in [0.15, 0.2) is 0 Å². The molecule has 0 spiro atoms. The summed E-state index contributed by atoms with van der Waals surface area (Å²) in [4.78, 5) is 0. The van der Waals surface area contributed by atoms with E-state index in [2.05, 4.69) is 5.32 Å². The number of rotatable bonds is 2. The second kappa shape index (κ2) is 5.07. The molecule has 0 heterocycles. The van der Waals surface area contributed by atoms with Gasteiger partial charge in [0.05, 0.1) is 11.6 Å². The molecule has 0 fully saturated rings. The summed E-state index contributed by atoms with van der Waals surface area (Å²) in [6.07, 6.45) is -3.66. The zero-order valence-electron chi connectivity index (χ0n) is 11.2. The average molecular weight is 292 g/mol. The molecule has 3 N–H and O–H groups in total. The number of anilines is 1. The molecule has 2 unspecified atom stereocenters. The molecule has 0 bridgehead atoms. The summed E-state index contributed by atoms with van der Waals surface area (Å²) >= 11 is 0. The Morgan fingerprint density at radius 1 is 1.00 bits per heavy atom. The Morgan fingerprint density at radius 2 is 1.71 bits per heavy atom. The smallest absolute Gasteiger partial charge is 0.378 e. The molecule has 2 aromatic rings. The van der Waals surface area contributed by atoms with Crippen molar-refractivity contribution >= 4 is 5.69 Å². The number of hydrogen-bond acceptors (Lipinski definition) is 2. The van der Waals surface area contributed by atoms with Crippen LogP contribution in [0.4, 0.5) is 18.9 Å². The van der Waals surface area contributed by atoms with Crippen molar-refractivity contribution in [3.8, 4) is 0 Å². The molecule has 1 aliphatic rings. The maximum absolute atomic E-state index is 12.7. The second-order valence-corrected chi connectivity index (χ2v) is 5.25. The first-order valence-electron chi connectivity index (χ1n) is 6.73. The van der Waals surface area contributed by atoms with Crippen LogP contribution >= 0.6 is 0 Å². The Balaban J connectivity index is 1.86. The first kappa shape index (κ1) is 13.9. The first-order valence-corrected chi connectivity index (χ1v) is 6.73. The average Bonchev–Trinajstić information content (AvgIpc) is 2.76. The van der Waals surface area contributed by atoms with Gasteiger partial charge in [0.25, 0.3) is 0 Å². The maximum Gasteiger partial charge on any atom is 0.416 e. The summed E-state index contributed by atoms with van der Waals surface area (Å²) in [5.41, 5.74) is 7.99. The first-order chi connectivity index (χ1) is 9.95. The molecule has 2 aromatic carbocycles. The van der Waals surface area contributed by atoms with Gasteiger partial charge in [0.1, 0.15) is 0 Å². The van der Waals surface area contributed by atoms with E-state index in [1.165, 1.54) is 6.07 Å². The lowest BCUT2D eigenvalue weighted by atomic mass is 10.1. The highest BCUT2D eigenvalue weighted by atomic mass is 19.4. The van der Waals surface area contributed by atoms with Crippen LogP contribution in [-0.2, 0) is 6.18 Å². The summed E-state index contributed by atoms with van der Waals surface area (Å²) in [5.74, 6) is 0. The predicted octanol–water partition coefficient (Wildman–Crippen LogP) is 4.26. The van der Waals surface area contributed by atoms with Crippen molar-refractivity contribution in [3.63, 3.8) is 0 Å². The molecule has 2 nitrogen and oxygen atoms in total. The van der Waals surface area contributed by atoms with E-state index >= 15 is 0 Å². The molecule has 0 amide bonds. The third-order valence-corrected chi connectivity index (χ3v) is 3.79. The standard InChI is InChI=1S/C16H15F3N2/c17-16(18,19)10-4-3-5-11(8-10)21-15-9-14(20)12-6-1-2-7-13(12)15/h1-8,14-15,21H,9,20H2. The van der Waals surface area contributed by atoms with E-state index in [9.17, 15) is 13.2 Å². The molecule has 5 heteroatoms. The number of halogens is 3. The third kappa shape index (κ3) is 2.74. The fourth-order valence-electron chi connectivity index (χ4n) is 2.80. The molecule has 0 radical (unpaired) electrons. The van der Waals surface area contributed by atoms with Crippen LogP contribution in [0.1, 0.15) is 35.2 Å². The van der Waals surface area contributed by atoms with E-state index in [1.54, 1.807) is 6.07 Å². The monoisotopic (exact) mass is 292 g/mol. The molecule has 0 aromatic heterocycles. The molecule has 21 heavy (non-hydrogen) atoms. The Hall–Kier alpha value is -2.01. The van der Waals surface area contributed by atoms with Crippen molar-refractivity contribution in [1.82, 2.24) is 0 Å². The van der Waals surface area contributed by atoms with Gasteiger partial charge in [-0.2, -0.15) is 13.2 Å². The van der Waals surface area contributed by atoms with Gasteiger partial charge in [0, 0.05) is 11.7 Å². The summed E-state index contributed by atoms with van der Waals surface area (Å²) in [5, 5.41) is 3.16. The van der Waals surface area contributed by atoms with Gasteiger partial charge < -0.3 is 11.1 Å². The van der Waals surface area contributed by atoms with Crippen molar-refractivity contribution < 1.29 is 13.2 Å². The van der Waals surface area contributed by atoms with Crippen LogP contribution in [0.25, 0.3) is 0 Å². The summed E-state index contributed by atoms with van der Waals surface area (Å²) < 4.78 is 38.2. The zero-order chi connectivity index (χ0) is 15.0. The van der Waals surface area contributed by atoms with E-state index in [1.807, 2.05) is 24.3 Å². The van der Waals surface area contributed by atoms with Gasteiger partial charge in [-0.3, -0.25) is 0 Å². The zero-order valence-corrected chi connectivity index (χ0v) is 11.2. The van der Waals surface area contributed by atoms with E-state index in [4.69, 9.17) is 5.73 Å². The van der Waals surface area contributed by atoms with Gasteiger partial charge in [-0.1, -0.05) is 30.3 Å². The van der Waals surface area contributed by atoms with Crippen LogP contribution in [0.3, 0.4) is 0 Å². The minimum absolute atomic E-state index is 0.0558. The van der Waals surface area contributed by atoms with E-state index < -0.39 is 11.7 Å². The summed E-state index contributed by atoms with van der Waals surface area (Å²) in [6.45, 7) is 0. The van der Waals surface area contributed by atoms with Gasteiger partial charge >= 0.3 is 6.18 Å². The largest absolute Gasteiger partial charge is 0.416 e. The summed E-state index contributed by atoms with van der Waals surface area (Å²) in [6, 6.07) is 12.9. The fraction of sp³-hybridized carbons (Fsp3) is 0.250. The number of benzene rings is 2. The van der Waals surface area contributed by atoms with Crippen LogP contribution in [-0.4, -0.2) is 0 Å². The molecule has 2 atom stereocenters. The molecule has 3 rings (SSSR count). The lowest BCUT2D eigenvalue weighted by Gasteiger charge is -2.17. The Bertz CT molecular complexity index is 652. The number of nitrogens with two attached hydrogens (primary N) is 1. The molecule has 0 saturated carbocycles. The maximum atomic E-state index is 12.7. The van der Waals surface area contributed by atoms with Crippen LogP contribution in [0.5, 0.6) is 0 Å². The number of nitrogens with one attached hydrogen (secondary N) is 1. The molecule has 0 saturated heterocycles. The highest BCUT2D eigenvalue weighted by molar-refractivity contribution is 5.51. The van der Waals surface area contributed by atoms with Gasteiger partial charge in [-0.15, -0.1) is 0 Å². The van der Waals surface area contributed by atoms with Crippen molar-refractivity contribution in [2.75, 3.05) is 5.32 Å².